The van der Waals surface area contributed by atoms with Gasteiger partial charge in [0.25, 0.3) is 5.69 Å². The smallest absolute Gasteiger partial charge is 0.272 e. The highest BCUT2D eigenvalue weighted by Crippen LogP contribution is 2.22. The molecule has 2 rings (SSSR count). The van der Waals surface area contributed by atoms with Gasteiger partial charge in [-0.2, -0.15) is 0 Å². The van der Waals surface area contributed by atoms with Crippen LogP contribution in [0, 0.1) is 22.9 Å². The van der Waals surface area contributed by atoms with Gasteiger partial charge >= 0.3 is 0 Å². The van der Waals surface area contributed by atoms with E-state index < -0.39 is 16.3 Å². The number of nitrogens with one attached hydrogen (secondary N) is 1. The minimum Gasteiger partial charge on any atom is -0.384 e. The summed E-state index contributed by atoms with van der Waals surface area (Å²) in [6.07, 6.45) is -0.0347. The molecule has 0 aromatic heterocycles. The van der Waals surface area contributed by atoms with Crippen molar-refractivity contribution in [1.82, 2.24) is 5.32 Å². The third-order valence-electron chi connectivity index (χ3n) is 4.06. The molecular weight excluding hydrogens is 327 g/mol. The van der Waals surface area contributed by atoms with Crippen LogP contribution in [0.3, 0.4) is 0 Å². The molecule has 0 aliphatic rings. The van der Waals surface area contributed by atoms with Crippen LogP contribution >= 0.6 is 0 Å². The van der Waals surface area contributed by atoms with Gasteiger partial charge in [-0.15, -0.1) is 0 Å². The van der Waals surface area contributed by atoms with Crippen LogP contribution in [0.5, 0.6) is 0 Å². The molecular formula is C18H19FN2O4. The molecule has 0 saturated heterocycles. The number of carbonyl (C=O) groups excluding carboxylic acids is 1. The van der Waals surface area contributed by atoms with E-state index in [9.17, 15) is 24.4 Å². The summed E-state index contributed by atoms with van der Waals surface area (Å²) in [7, 11) is 0. The van der Waals surface area contributed by atoms with Gasteiger partial charge in [0.15, 0.2) is 0 Å². The Bertz CT molecular complexity index is 788. The molecule has 1 amide bonds. The zero-order chi connectivity index (χ0) is 18.6. The Labute approximate surface area is 144 Å². The van der Waals surface area contributed by atoms with Crippen LogP contribution in [0.2, 0.25) is 0 Å². The van der Waals surface area contributed by atoms with Crippen molar-refractivity contribution in [3.8, 4) is 0 Å². The molecule has 6 nitrogen and oxygen atoms in total. The van der Waals surface area contributed by atoms with Gasteiger partial charge < -0.3 is 10.4 Å². The van der Waals surface area contributed by atoms with Gasteiger partial charge in [-0.3, -0.25) is 14.9 Å². The van der Waals surface area contributed by atoms with Gasteiger partial charge in [0.05, 0.1) is 17.9 Å². The highest BCUT2D eigenvalue weighted by molar-refractivity contribution is 5.79. The molecule has 0 aliphatic heterocycles. The van der Waals surface area contributed by atoms with Crippen molar-refractivity contribution in [3.05, 3.63) is 75.1 Å². The molecule has 2 aromatic rings. The Balaban J connectivity index is 2.02. The number of halogens is 1. The molecule has 0 bridgehead atoms. The lowest BCUT2D eigenvalue weighted by Gasteiger charge is -2.24. The maximum Gasteiger partial charge on any atom is 0.272 e. The summed E-state index contributed by atoms with van der Waals surface area (Å²) >= 11 is 0. The van der Waals surface area contributed by atoms with E-state index >= 15 is 0 Å². The molecule has 2 N–H and O–H groups in total. The van der Waals surface area contributed by atoms with Crippen molar-refractivity contribution in [2.24, 2.45) is 0 Å². The molecule has 132 valence electrons. The molecule has 2 aromatic carbocycles. The van der Waals surface area contributed by atoms with E-state index in [1.807, 2.05) is 0 Å². The highest BCUT2D eigenvalue weighted by Gasteiger charge is 2.24. The van der Waals surface area contributed by atoms with Crippen LogP contribution in [0.4, 0.5) is 10.1 Å². The number of nitrogens with zero attached hydrogens (tertiary/aromatic N) is 1. The van der Waals surface area contributed by atoms with E-state index in [4.69, 9.17) is 0 Å². The standard InChI is InChI=1S/C18H19FN2O4/c1-12-13(4-3-5-16(12)21(24)25)10-17(22)20-11-18(2,23)14-6-8-15(19)9-7-14/h3-9,23H,10-11H2,1-2H3,(H,20,22). The third-order valence-corrected chi connectivity index (χ3v) is 4.06. The zero-order valence-electron chi connectivity index (χ0n) is 14.0. The quantitative estimate of drug-likeness (QED) is 0.621. The number of hydrogen-bond donors (Lipinski definition) is 2. The van der Waals surface area contributed by atoms with E-state index in [0.717, 1.165) is 0 Å². The molecule has 0 spiro atoms. The first-order chi connectivity index (χ1) is 11.7. The molecule has 0 fully saturated rings. The van der Waals surface area contributed by atoms with Gasteiger partial charge in [0.1, 0.15) is 11.4 Å². The lowest BCUT2D eigenvalue weighted by atomic mass is 9.96. The fourth-order valence-corrected chi connectivity index (χ4v) is 2.48. The van der Waals surface area contributed by atoms with Crippen LogP contribution in [0.25, 0.3) is 0 Å². The maximum absolute atomic E-state index is 13.0. The lowest BCUT2D eigenvalue weighted by molar-refractivity contribution is -0.385. The number of amides is 1. The average molecular weight is 346 g/mol. The Morgan fingerprint density at radius 3 is 2.52 bits per heavy atom. The summed E-state index contributed by atoms with van der Waals surface area (Å²) in [5.41, 5.74) is 0.0616. The SMILES string of the molecule is Cc1c(CC(=O)NCC(C)(O)c2ccc(F)cc2)cccc1[N+](=O)[O-]. The predicted octanol–water partition coefficient (Wildman–Crippen LogP) is 2.61. The molecule has 1 unspecified atom stereocenters. The molecule has 0 radical (unpaired) electrons. The molecule has 0 heterocycles. The number of benzene rings is 2. The largest absolute Gasteiger partial charge is 0.384 e. The summed E-state index contributed by atoms with van der Waals surface area (Å²) in [5, 5.41) is 24.0. The van der Waals surface area contributed by atoms with Crippen molar-refractivity contribution in [2.75, 3.05) is 6.54 Å². The first-order valence-corrected chi connectivity index (χ1v) is 7.69. The monoisotopic (exact) mass is 346 g/mol. The van der Waals surface area contributed by atoms with Crippen LogP contribution < -0.4 is 5.32 Å². The molecule has 1 atom stereocenters. The summed E-state index contributed by atoms with van der Waals surface area (Å²) < 4.78 is 13.0. The Morgan fingerprint density at radius 1 is 1.28 bits per heavy atom. The zero-order valence-corrected chi connectivity index (χ0v) is 14.0. The van der Waals surface area contributed by atoms with Gasteiger partial charge in [-0.05, 0) is 37.1 Å². The van der Waals surface area contributed by atoms with Gasteiger partial charge in [-0.25, -0.2) is 4.39 Å². The number of carbonyl (C=O) groups is 1. The number of rotatable bonds is 6. The topological polar surface area (TPSA) is 92.5 Å². The third kappa shape index (κ3) is 4.60. The van der Waals surface area contributed by atoms with Crippen molar-refractivity contribution in [2.45, 2.75) is 25.9 Å². The summed E-state index contributed by atoms with van der Waals surface area (Å²) in [6, 6.07) is 9.94. The van der Waals surface area contributed by atoms with Crippen molar-refractivity contribution in [1.29, 1.82) is 0 Å². The Kier molecular flexibility index (Phi) is 5.48. The van der Waals surface area contributed by atoms with E-state index in [-0.39, 0.29) is 24.6 Å². The second kappa shape index (κ2) is 7.40. The van der Waals surface area contributed by atoms with E-state index in [0.29, 0.717) is 16.7 Å². The maximum atomic E-state index is 13.0. The fourth-order valence-electron chi connectivity index (χ4n) is 2.48. The first-order valence-electron chi connectivity index (χ1n) is 7.69. The second-order valence-electron chi connectivity index (χ2n) is 6.05. The number of aliphatic hydroxyl groups is 1. The number of hydrogen-bond acceptors (Lipinski definition) is 4. The van der Waals surface area contributed by atoms with E-state index in [1.54, 1.807) is 13.0 Å². The average Bonchev–Trinajstić information content (AvgIpc) is 2.55. The number of nitro benzene ring substituents is 1. The molecule has 0 aliphatic carbocycles. The van der Waals surface area contributed by atoms with Crippen molar-refractivity contribution in [3.63, 3.8) is 0 Å². The summed E-state index contributed by atoms with van der Waals surface area (Å²) in [4.78, 5) is 22.6. The predicted molar refractivity (Wildman–Crippen MR) is 90.5 cm³/mol. The lowest BCUT2D eigenvalue weighted by Crippen LogP contribution is -2.39. The minimum atomic E-state index is -1.36. The molecule has 0 saturated carbocycles. The van der Waals surface area contributed by atoms with Crippen LogP contribution in [-0.4, -0.2) is 22.5 Å². The highest BCUT2D eigenvalue weighted by atomic mass is 19.1. The fraction of sp³-hybridized carbons (Fsp3) is 0.278. The molecule has 7 heteroatoms. The van der Waals surface area contributed by atoms with Crippen molar-refractivity contribution >= 4 is 11.6 Å². The van der Waals surface area contributed by atoms with Crippen LogP contribution in [0.15, 0.2) is 42.5 Å². The van der Waals surface area contributed by atoms with E-state index in [2.05, 4.69) is 5.32 Å². The van der Waals surface area contributed by atoms with Crippen LogP contribution in [0.1, 0.15) is 23.6 Å². The Morgan fingerprint density at radius 2 is 1.92 bits per heavy atom. The number of nitro groups is 1. The first kappa shape index (κ1) is 18.5. The minimum absolute atomic E-state index is 0.0347. The molecule has 25 heavy (non-hydrogen) atoms. The summed E-state index contributed by atoms with van der Waals surface area (Å²) in [6.45, 7) is 3.04. The Hall–Kier alpha value is -2.80. The second-order valence-corrected chi connectivity index (χ2v) is 6.05. The summed E-state index contributed by atoms with van der Waals surface area (Å²) in [5.74, 6) is -0.782. The van der Waals surface area contributed by atoms with Gasteiger partial charge in [0, 0.05) is 11.6 Å². The van der Waals surface area contributed by atoms with E-state index in [1.165, 1.54) is 43.3 Å². The van der Waals surface area contributed by atoms with Crippen LogP contribution in [-0.2, 0) is 16.8 Å². The van der Waals surface area contributed by atoms with Gasteiger partial charge in [0.2, 0.25) is 5.91 Å². The van der Waals surface area contributed by atoms with Crippen molar-refractivity contribution < 1.29 is 19.2 Å². The van der Waals surface area contributed by atoms with Gasteiger partial charge in [-0.1, -0.05) is 24.3 Å². The normalized spacial score (nSPS) is 13.1.